The maximum absolute atomic E-state index is 13.0. The fourth-order valence-electron chi connectivity index (χ4n) is 3.92. The van der Waals surface area contributed by atoms with Crippen LogP contribution in [0.2, 0.25) is 10.0 Å². The van der Waals surface area contributed by atoms with Crippen molar-refractivity contribution in [3.05, 3.63) is 105 Å². The number of hydrogen-bond acceptors (Lipinski definition) is 4. The molecule has 0 aliphatic heterocycles. The van der Waals surface area contributed by atoms with E-state index in [2.05, 4.69) is 43.4 Å². The summed E-state index contributed by atoms with van der Waals surface area (Å²) in [6, 6.07) is 23.4. The maximum Gasteiger partial charge on any atom is 0.283 e. The standard InChI is InChI=1S/C29H24Cl2N4OS/c1-29(2,3)20-11-14-23-24(15-20)37-27(25(23)31)28(36)33-32-16-19-17-35(22-7-5-4-6-8-22)34-26(19)18-9-12-21(30)13-10-18/h4-17H,1-3H3,(H,33,36)/b32-16-. The Bertz CT molecular complexity index is 1610. The number of para-hydroxylation sites is 1. The van der Waals surface area contributed by atoms with Crippen molar-refractivity contribution in [2.75, 3.05) is 0 Å². The van der Waals surface area contributed by atoms with Crippen molar-refractivity contribution in [1.82, 2.24) is 15.2 Å². The summed E-state index contributed by atoms with van der Waals surface area (Å²) in [5.41, 5.74) is 7.07. The van der Waals surface area contributed by atoms with Crippen molar-refractivity contribution in [2.45, 2.75) is 26.2 Å². The average Bonchev–Trinajstić information content (AvgIpc) is 3.45. The minimum absolute atomic E-state index is 0.00333. The number of hydrazone groups is 1. The maximum atomic E-state index is 13.0. The van der Waals surface area contributed by atoms with Gasteiger partial charge in [0.1, 0.15) is 10.6 Å². The molecule has 2 heterocycles. The minimum Gasteiger partial charge on any atom is -0.266 e. The Morgan fingerprint density at radius 1 is 1.03 bits per heavy atom. The van der Waals surface area contributed by atoms with Crippen LogP contribution in [-0.2, 0) is 5.41 Å². The highest BCUT2D eigenvalue weighted by molar-refractivity contribution is 7.21. The number of rotatable bonds is 5. The van der Waals surface area contributed by atoms with Gasteiger partial charge < -0.3 is 0 Å². The lowest BCUT2D eigenvalue weighted by atomic mass is 9.87. The van der Waals surface area contributed by atoms with E-state index < -0.39 is 0 Å². The average molecular weight is 548 g/mol. The van der Waals surface area contributed by atoms with Gasteiger partial charge in [0.25, 0.3) is 5.91 Å². The van der Waals surface area contributed by atoms with Crippen molar-refractivity contribution < 1.29 is 4.79 Å². The summed E-state index contributed by atoms with van der Waals surface area (Å²) >= 11 is 14.0. The summed E-state index contributed by atoms with van der Waals surface area (Å²) < 4.78 is 2.75. The van der Waals surface area contributed by atoms with Crippen LogP contribution >= 0.6 is 34.5 Å². The van der Waals surface area contributed by atoms with Gasteiger partial charge in [0, 0.05) is 32.4 Å². The van der Waals surface area contributed by atoms with E-state index in [4.69, 9.17) is 28.3 Å². The number of hydrogen-bond donors (Lipinski definition) is 1. The van der Waals surface area contributed by atoms with E-state index in [9.17, 15) is 4.79 Å². The Labute approximate surface area is 229 Å². The van der Waals surface area contributed by atoms with Gasteiger partial charge in [-0.15, -0.1) is 11.3 Å². The highest BCUT2D eigenvalue weighted by Crippen LogP contribution is 2.37. The van der Waals surface area contributed by atoms with Crippen LogP contribution in [0.25, 0.3) is 27.0 Å². The lowest BCUT2D eigenvalue weighted by Gasteiger charge is -2.18. The van der Waals surface area contributed by atoms with E-state index in [0.717, 1.165) is 26.9 Å². The second-order valence-electron chi connectivity index (χ2n) is 9.63. The van der Waals surface area contributed by atoms with E-state index in [1.165, 1.54) is 16.9 Å². The molecule has 0 aliphatic rings. The molecular weight excluding hydrogens is 523 g/mol. The van der Waals surface area contributed by atoms with Gasteiger partial charge in [-0.1, -0.05) is 86.4 Å². The molecule has 0 fully saturated rings. The van der Waals surface area contributed by atoms with Crippen molar-refractivity contribution in [2.24, 2.45) is 5.10 Å². The number of nitrogens with one attached hydrogen (secondary N) is 1. The lowest BCUT2D eigenvalue weighted by Crippen LogP contribution is -2.16. The highest BCUT2D eigenvalue weighted by atomic mass is 35.5. The molecule has 1 amide bonds. The summed E-state index contributed by atoms with van der Waals surface area (Å²) in [7, 11) is 0. The van der Waals surface area contributed by atoms with Crippen LogP contribution in [0.4, 0.5) is 0 Å². The third-order valence-corrected chi connectivity index (χ3v) is 7.86. The molecule has 1 N–H and O–H groups in total. The summed E-state index contributed by atoms with van der Waals surface area (Å²) in [5, 5.41) is 10.9. The molecule has 3 aromatic carbocycles. The second-order valence-corrected chi connectivity index (χ2v) is 11.5. The molecule has 0 saturated heterocycles. The predicted octanol–water partition coefficient (Wildman–Crippen LogP) is 8.12. The lowest BCUT2D eigenvalue weighted by molar-refractivity contribution is 0.0959. The molecule has 0 saturated carbocycles. The molecule has 0 aliphatic carbocycles. The molecule has 5 aromatic rings. The van der Waals surface area contributed by atoms with E-state index in [0.29, 0.717) is 20.6 Å². The van der Waals surface area contributed by atoms with Gasteiger partial charge in [-0.3, -0.25) is 4.79 Å². The molecular formula is C29H24Cl2N4OS. The highest BCUT2D eigenvalue weighted by Gasteiger charge is 2.20. The SMILES string of the molecule is CC(C)(C)c1ccc2c(Cl)c(C(=O)N/N=C\c3cn(-c4ccccc4)nc3-c3ccc(Cl)cc3)sc2c1. The second kappa shape index (κ2) is 10.1. The number of halogens is 2. The van der Waals surface area contributed by atoms with Gasteiger partial charge in [0.2, 0.25) is 0 Å². The molecule has 37 heavy (non-hydrogen) atoms. The van der Waals surface area contributed by atoms with E-state index in [-0.39, 0.29) is 11.3 Å². The van der Waals surface area contributed by atoms with Crippen molar-refractivity contribution >= 4 is 56.7 Å². The smallest absolute Gasteiger partial charge is 0.266 e. The van der Waals surface area contributed by atoms with Gasteiger partial charge in [0.05, 0.1) is 16.9 Å². The van der Waals surface area contributed by atoms with Crippen LogP contribution in [0.5, 0.6) is 0 Å². The molecule has 186 valence electrons. The van der Waals surface area contributed by atoms with Crippen molar-refractivity contribution in [3.63, 3.8) is 0 Å². The van der Waals surface area contributed by atoms with Crippen LogP contribution in [0.3, 0.4) is 0 Å². The molecule has 0 bridgehead atoms. The normalized spacial score (nSPS) is 11.9. The number of thiophene rings is 1. The predicted molar refractivity (Wildman–Crippen MR) is 155 cm³/mol. The number of carbonyl (C=O) groups excluding carboxylic acids is 1. The zero-order chi connectivity index (χ0) is 26.2. The van der Waals surface area contributed by atoms with Gasteiger partial charge in [-0.05, 0) is 41.3 Å². The molecule has 5 rings (SSSR count). The molecule has 5 nitrogen and oxygen atoms in total. The number of nitrogens with zero attached hydrogens (tertiary/aromatic N) is 3. The van der Waals surface area contributed by atoms with Gasteiger partial charge in [-0.25, -0.2) is 10.1 Å². The first-order valence-electron chi connectivity index (χ1n) is 11.7. The third kappa shape index (κ3) is 5.32. The summed E-state index contributed by atoms with van der Waals surface area (Å²) in [4.78, 5) is 13.4. The zero-order valence-electron chi connectivity index (χ0n) is 20.5. The molecule has 0 unspecified atom stereocenters. The van der Waals surface area contributed by atoms with Crippen LogP contribution in [0.15, 0.2) is 84.1 Å². The Hall–Kier alpha value is -3.45. The number of aromatic nitrogens is 2. The van der Waals surface area contributed by atoms with Crippen LogP contribution in [0, 0.1) is 0 Å². The number of benzene rings is 3. The first kappa shape index (κ1) is 25.2. The number of carbonyl (C=O) groups is 1. The van der Waals surface area contributed by atoms with Crippen LogP contribution < -0.4 is 5.43 Å². The molecule has 0 radical (unpaired) electrons. The fraction of sp³-hybridized carbons (Fsp3) is 0.138. The van der Waals surface area contributed by atoms with Crippen LogP contribution in [-0.4, -0.2) is 21.9 Å². The summed E-state index contributed by atoms with van der Waals surface area (Å²) in [5.74, 6) is -0.358. The van der Waals surface area contributed by atoms with Crippen LogP contribution in [0.1, 0.15) is 41.6 Å². The Morgan fingerprint density at radius 2 is 1.76 bits per heavy atom. The quantitative estimate of drug-likeness (QED) is 0.178. The first-order valence-corrected chi connectivity index (χ1v) is 13.2. The fourth-order valence-corrected chi connectivity index (χ4v) is 5.49. The Balaban J connectivity index is 1.43. The third-order valence-electron chi connectivity index (χ3n) is 5.95. The van der Waals surface area contributed by atoms with E-state index >= 15 is 0 Å². The topological polar surface area (TPSA) is 59.3 Å². The van der Waals surface area contributed by atoms with Gasteiger partial charge in [-0.2, -0.15) is 10.2 Å². The zero-order valence-corrected chi connectivity index (χ0v) is 22.8. The number of amides is 1. The molecule has 8 heteroatoms. The first-order chi connectivity index (χ1) is 17.7. The van der Waals surface area contributed by atoms with Crippen molar-refractivity contribution in [3.8, 4) is 16.9 Å². The molecule has 2 aromatic heterocycles. The van der Waals surface area contributed by atoms with Crippen molar-refractivity contribution in [1.29, 1.82) is 0 Å². The van der Waals surface area contributed by atoms with E-state index in [1.54, 1.807) is 10.9 Å². The summed E-state index contributed by atoms with van der Waals surface area (Å²) in [6.07, 6.45) is 3.46. The minimum atomic E-state index is -0.358. The molecule has 0 spiro atoms. The monoisotopic (exact) mass is 546 g/mol. The summed E-state index contributed by atoms with van der Waals surface area (Å²) in [6.45, 7) is 6.47. The largest absolute Gasteiger partial charge is 0.283 e. The van der Waals surface area contributed by atoms with E-state index in [1.807, 2.05) is 66.9 Å². The Morgan fingerprint density at radius 3 is 2.46 bits per heavy atom. The number of fused-ring (bicyclic) bond motifs is 1. The Kier molecular flexibility index (Phi) is 6.90. The van der Waals surface area contributed by atoms with Gasteiger partial charge in [0.15, 0.2) is 0 Å². The van der Waals surface area contributed by atoms with Gasteiger partial charge >= 0.3 is 0 Å². The molecule has 0 atom stereocenters.